The number of hydrogen-bond acceptors (Lipinski definition) is 1. The molecule has 0 aliphatic carbocycles. The van der Waals surface area contributed by atoms with Crippen LogP contribution in [0.2, 0.25) is 0 Å². The molecule has 0 unspecified atom stereocenters. The third-order valence-corrected chi connectivity index (χ3v) is 2.98. The van der Waals surface area contributed by atoms with Gasteiger partial charge in [-0.2, -0.15) is 13.2 Å². The summed E-state index contributed by atoms with van der Waals surface area (Å²) in [6, 6.07) is 0. The SMILES string of the molecule is FC(F)c1cnc(C(F)(F)F)c(CCl)c1Br. The average molecular weight is 324 g/mol. The zero-order valence-electron chi connectivity index (χ0n) is 7.45. The number of halogens is 7. The normalized spacial score (nSPS) is 12.2. The molecule has 8 heteroatoms. The van der Waals surface area contributed by atoms with Crippen molar-refractivity contribution in [3.05, 3.63) is 27.5 Å². The van der Waals surface area contributed by atoms with E-state index >= 15 is 0 Å². The minimum atomic E-state index is -4.71. The van der Waals surface area contributed by atoms with Gasteiger partial charge in [0.15, 0.2) is 0 Å². The lowest BCUT2D eigenvalue weighted by Crippen LogP contribution is -2.13. The lowest BCUT2D eigenvalue weighted by atomic mass is 10.1. The van der Waals surface area contributed by atoms with E-state index < -0.39 is 35.3 Å². The predicted molar refractivity (Wildman–Crippen MR) is 51.5 cm³/mol. The first-order valence-corrected chi connectivity index (χ1v) is 5.20. The van der Waals surface area contributed by atoms with E-state index in [4.69, 9.17) is 11.6 Å². The van der Waals surface area contributed by atoms with Crippen molar-refractivity contribution in [2.75, 3.05) is 0 Å². The molecule has 0 radical (unpaired) electrons. The molecule has 90 valence electrons. The molecule has 1 aromatic heterocycles. The van der Waals surface area contributed by atoms with E-state index in [0.29, 0.717) is 6.20 Å². The molecule has 0 atom stereocenters. The van der Waals surface area contributed by atoms with Gasteiger partial charge in [0.05, 0.1) is 11.4 Å². The van der Waals surface area contributed by atoms with Crippen molar-refractivity contribution in [3.63, 3.8) is 0 Å². The Morgan fingerprint density at radius 3 is 2.31 bits per heavy atom. The van der Waals surface area contributed by atoms with Crippen LogP contribution in [0.4, 0.5) is 22.0 Å². The molecule has 0 saturated carbocycles. The maximum Gasteiger partial charge on any atom is 0.433 e. The lowest BCUT2D eigenvalue weighted by Gasteiger charge is -2.14. The molecule has 0 aliphatic rings. The highest BCUT2D eigenvalue weighted by Crippen LogP contribution is 2.38. The summed E-state index contributed by atoms with van der Waals surface area (Å²) in [5.74, 6) is -0.553. The van der Waals surface area contributed by atoms with E-state index in [9.17, 15) is 22.0 Å². The minimum absolute atomic E-state index is 0.347. The van der Waals surface area contributed by atoms with Crippen molar-refractivity contribution in [3.8, 4) is 0 Å². The molecule has 1 nitrogen and oxygen atoms in total. The highest BCUT2D eigenvalue weighted by Gasteiger charge is 2.37. The molecule has 1 heterocycles. The summed E-state index contributed by atoms with van der Waals surface area (Å²) in [4.78, 5) is 2.98. The Labute approximate surface area is 101 Å². The highest BCUT2D eigenvalue weighted by atomic mass is 79.9. The zero-order chi connectivity index (χ0) is 12.5. The van der Waals surface area contributed by atoms with Crippen molar-refractivity contribution in [1.82, 2.24) is 4.98 Å². The van der Waals surface area contributed by atoms with Gasteiger partial charge in [0.25, 0.3) is 6.43 Å². The van der Waals surface area contributed by atoms with Crippen molar-refractivity contribution in [1.29, 1.82) is 0 Å². The number of alkyl halides is 6. The number of rotatable bonds is 2. The van der Waals surface area contributed by atoms with Crippen LogP contribution in [0.5, 0.6) is 0 Å². The van der Waals surface area contributed by atoms with E-state index in [1.54, 1.807) is 0 Å². The van der Waals surface area contributed by atoms with Gasteiger partial charge < -0.3 is 0 Å². The summed E-state index contributed by atoms with van der Waals surface area (Å²) in [6.45, 7) is 0. The Hall–Kier alpha value is -0.430. The highest BCUT2D eigenvalue weighted by molar-refractivity contribution is 9.10. The standard InChI is InChI=1S/C8H4BrClF5N/c9-5-3(1-10)6(8(13,14)15)16-2-4(5)7(11)12/h2,7H,1H2. The molecular formula is C8H4BrClF5N. The number of pyridine rings is 1. The van der Waals surface area contributed by atoms with Crippen LogP contribution in [-0.2, 0) is 12.1 Å². The Kier molecular flexibility index (Phi) is 4.12. The summed E-state index contributed by atoms with van der Waals surface area (Å²) >= 11 is 7.99. The topological polar surface area (TPSA) is 12.9 Å². The van der Waals surface area contributed by atoms with Crippen molar-refractivity contribution >= 4 is 27.5 Å². The Balaban J connectivity index is 3.41. The second kappa shape index (κ2) is 4.83. The molecule has 0 aliphatic heterocycles. The lowest BCUT2D eigenvalue weighted by molar-refractivity contribution is -0.141. The molecule has 0 saturated heterocycles. The van der Waals surface area contributed by atoms with Gasteiger partial charge in [0.1, 0.15) is 5.69 Å². The predicted octanol–water partition coefficient (Wildman–Crippen LogP) is 4.54. The average Bonchev–Trinajstić information content (AvgIpc) is 2.15. The third kappa shape index (κ3) is 2.63. The monoisotopic (exact) mass is 323 g/mol. The fourth-order valence-corrected chi connectivity index (χ4v) is 2.09. The van der Waals surface area contributed by atoms with Crippen LogP contribution >= 0.6 is 27.5 Å². The minimum Gasteiger partial charge on any atom is -0.251 e. The van der Waals surface area contributed by atoms with E-state index in [1.807, 2.05) is 0 Å². The molecule has 1 aromatic rings. The molecule has 0 fully saturated rings. The number of hydrogen-bond donors (Lipinski definition) is 0. The van der Waals surface area contributed by atoms with Gasteiger partial charge in [0.2, 0.25) is 0 Å². The third-order valence-electron chi connectivity index (χ3n) is 1.77. The Bertz CT molecular complexity index is 393. The molecule has 0 spiro atoms. The van der Waals surface area contributed by atoms with Gasteiger partial charge in [-0.25, -0.2) is 8.78 Å². The first kappa shape index (κ1) is 13.6. The van der Waals surface area contributed by atoms with Crippen LogP contribution in [-0.4, -0.2) is 4.98 Å². The second-order valence-corrected chi connectivity index (χ2v) is 3.85. The molecular weight excluding hydrogens is 320 g/mol. The quantitative estimate of drug-likeness (QED) is 0.575. The van der Waals surface area contributed by atoms with Crippen LogP contribution in [0.25, 0.3) is 0 Å². The molecule has 0 amide bonds. The summed E-state index contributed by atoms with van der Waals surface area (Å²) in [5, 5.41) is 0. The zero-order valence-corrected chi connectivity index (χ0v) is 9.80. The van der Waals surface area contributed by atoms with Gasteiger partial charge in [-0.05, 0) is 15.9 Å². The van der Waals surface area contributed by atoms with E-state index in [0.717, 1.165) is 0 Å². The number of nitrogens with zero attached hydrogens (tertiary/aromatic N) is 1. The fourth-order valence-electron chi connectivity index (χ4n) is 1.07. The van der Waals surface area contributed by atoms with Crippen LogP contribution in [0.3, 0.4) is 0 Å². The maximum atomic E-state index is 12.4. The van der Waals surface area contributed by atoms with Gasteiger partial charge >= 0.3 is 6.18 Å². The first-order valence-electron chi connectivity index (χ1n) is 3.87. The largest absolute Gasteiger partial charge is 0.433 e. The molecule has 0 bridgehead atoms. The van der Waals surface area contributed by atoms with Crippen molar-refractivity contribution in [2.24, 2.45) is 0 Å². The van der Waals surface area contributed by atoms with E-state index in [2.05, 4.69) is 20.9 Å². The van der Waals surface area contributed by atoms with Gasteiger partial charge in [-0.3, -0.25) is 4.98 Å². The van der Waals surface area contributed by atoms with Crippen molar-refractivity contribution < 1.29 is 22.0 Å². The van der Waals surface area contributed by atoms with Crippen LogP contribution in [0, 0.1) is 0 Å². The Morgan fingerprint density at radius 2 is 1.94 bits per heavy atom. The van der Waals surface area contributed by atoms with Gasteiger partial charge in [0, 0.05) is 16.2 Å². The fraction of sp³-hybridized carbons (Fsp3) is 0.375. The summed E-state index contributed by atoms with van der Waals surface area (Å²) < 4.78 is 61.7. The molecule has 1 rings (SSSR count). The molecule has 0 aromatic carbocycles. The second-order valence-electron chi connectivity index (χ2n) is 2.79. The maximum absolute atomic E-state index is 12.4. The van der Waals surface area contributed by atoms with Crippen LogP contribution in [0.1, 0.15) is 23.2 Å². The van der Waals surface area contributed by atoms with E-state index in [-0.39, 0.29) is 4.47 Å². The van der Waals surface area contributed by atoms with Crippen molar-refractivity contribution in [2.45, 2.75) is 18.5 Å². The molecule has 0 N–H and O–H groups in total. The summed E-state index contributed by atoms with van der Waals surface area (Å²) in [5.41, 5.74) is -2.34. The van der Waals surface area contributed by atoms with Crippen LogP contribution < -0.4 is 0 Å². The number of aromatic nitrogens is 1. The summed E-state index contributed by atoms with van der Waals surface area (Å²) in [6.07, 6.45) is -7.13. The van der Waals surface area contributed by atoms with Gasteiger partial charge in [-0.15, -0.1) is 11.6 Å². The van der Waals surface area contributed by atoms with Gasteiger partial charge in [-0.1, -0.05) is 0 Å². The first-order chi connectivity index (χ1) is 7.29. The van der Waals surface area contributed by atoms with E-state index in [1.165, 1.54) is 0 Å². The van der Waals surface area contributed by atoms with Crippen LogP contribution in [0.15, 0.2) is 10.7 Å². The molecule has 16 heavy (non-hydrogen) atoms. The Morgan fingerprint density at radius 1 is 1.38 bits per heavy atom. The summed E-state index contributed by atoms with van der Waals surface area (Å²) in [7, 11) is 0. The smallest absolute Gasteiger partial charge is 0.251 e.